The Hall–Kier alpha value is -2.24. The Morgan fingerprint density at radius 1 is 1.04 bits per heavy atom. The van der Waals surface area contributed by atoms with Crippen LogP contribution >= 0.6 is 0 Å². The molecule has 1 fully saturated rings. The summed E-state index contributed by atoms with van der Waals surface area (Å²) in [5, 5.41) is 0. The first kappa shape index (κ1) is 17.2. The molecule has 0 saturated carbocycles. The molecule has 0 amide bonds. The number of fused-ring (bicyclic) bond motifs is 1. The zero-order valence-corrected chi connectivity index (χ0v) is 15.3. The van der Waals surface area contributed by atoms with Crippen molar-refractivity contribution in [2.75, 3.05) is 26.5 Å². The largest absolute Gasteiger partial charge is 0.483 e. The van der Waals surface area contributed by atoms with E-state index in [0.717, 1.165) is 42.5 Å². The highest BCUT2D eigenvalue weighted by atomic mass is 16.7. The molecule has 4 rings (SSSR count). The third-order valence-corrected chi connectivity index (χ3v) is 4.93. The third-order valence-electron chi connectivity index (χ3n) is 4.93. The number of hydrogen-bond acceptors (Lipinski definition) is 5. The Morgan fingerprint density at radius 2 is 1.85 bits per heavy atom. The standard InChI is InChI=1S/C21H25NO4/c1-15(2)22-10-11-23-20(13-22)21(16-6-4-3-5-7-16)26-17-8-9-18-19(12-17)25-14-24-18/h3-9,12,15,20-21H,10-11,13-14H2,1-2H3. The van der Waals surface area contributed by atoms with Gasteiger partial charge in [-0.2, -0.15) is 0 Å². The molecule has 0 spiro atoms. The topological polar surface area (TPSA) is 40.2 Å². The molecule has 2 aromatic carbocycles. The molecule has 26 heavy (non-hydrogen) atoms. The molecule has 2 heterocycles. The minimum atomic E-state index is -0.182. The minimum Gasteiger partial charge on any atom is -0.483 e. The van der Waals surface area contributed by atoms with E-state index in [2.05, 4.69) is 30.9 Å². The van der Waals surface area contributed by atoms with Crippen molar-refractivity contribution >= 4 is 0 Å². The Balaban J connectivity index is 1.59. The van der Waals surface area contributed by atoms with Gasteiger partial charge in [-0.05, 0) is 31.5 Å². The maximum absolute atomic E-state index is 6.41. The van der Waals surface area contributed by atoms with E-state index in [0.29, 0.717) is 6.04 Å². The summed E-state index contributed by atoms with van der Waals surface area (Å²) in [6.45, 7) is 7.23. The van der Waals surface area contributed by atoms with Crippen molar-refractivity contribution in [2.45, 2.75) is 32.1 Å². The van der Waals surface area contributed by atoms with Crippen LogP contribution in [0.15, 0.2) is 48.5 Å². The second kappa shape index (κ2) is 7.56. The van der Waals surface area contributed by atoms with Crippen LogP contribution in [-0.2, 0) is 4.74 Å². The molecule has 5 nitrogen and oxygen atoms in total. The fourth-order valence-corrected chi connectivity index (χ4v) is 3.45. The van der Waals surface area contributed by atoms with Crippen molar-refractivity contribution in [3.63, 3.8) is 0 Å². The second-order valence-corrected chi connectivity index (χ2v) is 6.96. The van der Waals surface area contributed by atoms with E-state index in [1.54, 1.807) is 0 Å². The molecule has 5 heteroatoms. The number of nitrogens with zero attached hydrogens (tertiary/aromatic N) is 1. The van der Waals surface area contributed by atoms with Crippen molar-refractivity contribution in [1.82, 2.24) is 4.90 Å². The highest BCUT2D eigenvalue weighted by Crippen LogP contribution is 2.37. The van der Waals surface area contributed by atoms with Crippen LogP contribution in [0.1, 0.15) is 25.5 Å². The molecule has 0 N–H and O–H groups in total. The van der Waals surface area contributed by atoms with E-state index in [1.165, 1.54) is 0 Å². The Morgan fingerprint density at radius 3 is 2.65 bits per heavy atom. The summed E-state index contributed by atoms with van der Waals surface area (Å²) in [7, 11) is 0. The normalized spacial score (nSPS) is 21.0. The van der Waals surface area contributed by atoms with Crippen LogP contribution in [0, 0.1) is 0 Å². The van der Waals surface area contributed by atoms with Crippen LogP contribution in [0.3, 0.4) is 0 Å². The predicted octanol–water partition coefficient (Wildman–Crippen LogP) is 3.64. The lowest BCUT2D eigenvalue weighted by Gasteiger charge is -2.39. The van der Waals surface area contributed by atoms with Gasteiger partial charge in [-0.15, -0.1) is 0 Å². The van der Waals surface area contributed by atoms with Crippen LogP contribution in [0.25, 0.3) is 0 Å². The molecule has 2 atom stereocenters. The van der Waals surface area contributed by atoms with Crippen molar-refractivity contribution in [2.24, 2.45) is 0 Å². The van der Waals surface area contributed by atoms with Crippen LogP contribution < -0.4 is 14.2 Å². The first-order valence-electron chi connectivity index (χ1n) is 9.17. The summed E-state index contributed by atoms with van der Waals surface area (Å²) >= 11 is 0. The Labute approximate surface area is 154 Å². The van der Waals surface area contributed by atoms with E-state index in [-0.39, 0.29) is 19.0 Å². The summed E-state index contributed by atoms with van der Waals surface area (Å²) in [6.07, 6.45) is -0.211. The van der Waals surface area contributed by atoms with Crippen molar-refractivity contribution in [3.8, 4) is 17.2 Å². The van der Waals surface area contributed by atoms with E-state index >= 15 is 0 Å². The molecule has 0 radical (unpaired) electrons. The molecular weight excluding hydrogens is 330 g/mol. The van der Waals surface area contributed by atoms with Gasteiger partial charge >= 0.3 is 0 Å². The SMILES string of the molecule is CC(C)N1CCOC(C(Oc2ccc3c(c2)OCO3)c2ccccc2)C1. The molecule has 0 bridgehead atoms. The second-order valence-electron chi connectivity index (χ2n) is 6.96. The smallest absolute Gasteiger partial charge is 0.231 e. The fourth-order valence-electron chi connectivity index (χ4n) is 3.45. The van der Waals surface area contributed by atoms with Gasteiger partial charge in [0.05, 0.1) is 6.61 Å². The lowest BCUT2D eigenvalue weighted by atomic mass is 10.0. The predicted molar refractivity (Wildman–Crippen MR) is 98.8 cm³/mol. The van der Waals surface area contributed by atoms with Gasteiger partial charge in [-0.25, -0.2) is 0 Å². The van der Waals surface area contributed by atoms with Crippen LogP contribution in [-0.4, -0.2) is 43.5 Å². The fraction of sp³-hybridized carbons (Fsp3) is 0.429. The van der Waals surface area contributed by atoms with E-state index in [1.807, 2.05) is 36.4 Å². The maximum atomic E-state index is 6.41. The van der Waals surface area contributed by atoms with Crippen molar-refractivity contribution in [1.29, 1.82) is 0 Å². The summed E-state index contributed by atoms with van der Waals surface area (Å²) < 4.78 is 23.4. The zero-order valence-electron chi connectivity index (χ0n) is 15.3. The highest BCUT2D eigenvalue weighted by molar-refractivity contribution is 5.47. The molecule has 2 unspecified atom stereocenters. The minimum absolute atomic E-state index is 0.0287. The van der Waals surface area contributed by atoms with E-state index < -0.39 is 0 Å². The zero-order chi connectivity index (χ0) is 17.9. The van der Waals surface area contributed by atoms with Gasteiger partial charge < -0.3 is 18.9 Å². The van der Waals surface area contributed by atoms with E-state index in [9.17, 15) is 0 Å². The summed E-state index contributed by atoms with van der Waals surface area (Å²) in [4.78, 5) is 2.44. The summed E-state index contributed by atoms with van der Waals surface area (Å²) in [6, 6.07) is 16.5. The lowest BCUT2D eigenvalue weighted by molar-refractivity contribution is -0.0885. The molecule has 2 aliphatic heterocycles. The average Bonchev–Trinajstić information content (AvgIpc) is 3.14. The van der Waals surface area contributed by atoms with Crippen molar-refractivity contribution in [3.05, 3.63) is 54.1 Å². The molecule has 138 valence electrons. The lowest BCUT2D eigenvalue weighted by Crippen LogP contribution is -2.48. The van der Waals surface area contributed by atoms with E-state index in [4.69, 9.17) is 18.9 Å². The van der Waals surface area contributed by atoms with Crippen LogP contribution in [0.5, 0.6) is 17.2 Å². The van der Waals surface area contributed by atoms with Gasteiger partial charge in [0, 0.05) is 25.2 Å². The molecule has 2 aliphatic rings. The number of ether oxygens (including phenoxy) is 4. The first-order chi connectivity index (χ1) is 12.7. The van der Waals surface area contributed by atoms with Gasteiger partial charge in [0.2, 0.25) is 6.79 Å². The number of benzene rings is 2. The van der Waals surface area contributed by atoms with Gasteiger partial charge in [0.1, 0.15) is 11.9 Å². The van der Waals surface area contributed by atoms with Crippen LogP contribution in [0.2, 0.25) is 0 Å². The van der Waals surface area contributed by atoms with Crippen molar-refractivity contribution < 1.29 is 18.9 Å². The van der Waals surface area contributed by atoms with Gasteiger partial charge in [0.15, 0.2) is 17.6 Å². The quantitative estimate of drug-likeness (QED) is 0.819. The number of rotatable bonds is 5. The molecule has 2 aromatic rings. The summed E-state index contributed by atoms with van der Waals surface area (Å²) in [5.41, 5.74) is 1.11. The third kappa shape index (κ3) is 3.64. The van der Waals surface area contributed by atoms with Crippen LogP contribution in [0.4, 0.5) is 0 Å². The average molecular weight is 355 g/mol. The summed E-state index contributed by atoms with van der Waals surface area (Å²) in [5.74, 6) is 2.24. The first-order valence-corrected chi connectivity index (χ1v) is 9.17. The number of morpholine rings is 1. The molecule has 0 aliphatic carbocycles. The van der Waals surface area contributed by atoms with Gasteiger partial charge in [-0.3, -0.25) is 4.90 Å². The molecular formula is C21H25NO4. The molecule has 1 saturated heterocycles. The monoisotopic (exact) mass is 355 g/mol. The number of hydrogen-bond donors (Lipinski definition) is 0. The Kier molecular flexibility index (Phi) is 5.00. The van der Waals surface area contributed by atoms with Gasteiger partial charge in [-0.1, -0.05) is 30.3 Å². The highest BCUT2D eigenvalue weighted by Gasteiger charge is 2.32. The van der Waals surface area contributed by atoms with Gasteiger partial charge in [0.25, 0.3) is 0 Å². The molecule has 0 aromatic heterocycles. The Bertz CT molecular complexity index is 734. The maximum Gasteiger partial charge on any atom is 0.231 e.